The van der Waals surface area contributed by atoms with Crippen LogP contribution in [0.2, 0.25) is 0 Å². The van der Waals surface area contributed by atoms with Crippen LogP contribution in [0, 0.1) is 6.92 Å². The van der Waals surface area contributed by atoms with E-state index in [1.54, 1.807) is 0 Å². The van der Waals surface area contributed by atoms with Gasteiger partial charge in [-0.25, -0.2) is 0 Å². The molecule has 24 heavy (non-hydrogen) atoms. The predicted octanol–water partition coefficient (Wildman–Crippen LogP) is 3.67. The number of thiocarbonyl (C=S) groups is 1. The fourth-order valence-corrected chi connectivity index (χ4v) is 3.40. The molecular formula is C20H24N2OS. The minimum absolute atomic E-state index is 0.235. The van der Waals surface area contributed by atoms with E-state index in [4.69, 9.17) is 22.7 Å². The van der Waals surface area contributed by atoms with Crippen molar-refractivity contribution < 1.29 is 4.74 Å². The van der Waals surface area contributed by atoms with Gasteiger partial charge in [-0.1, -0.05) is 54.2 Å². The average Bonchev–Trinajstić information content (AvgIpc) is 2.58. The van der Waals surface area contributed by atoms with Crippen LogP contribution < -0.4 is 10.5 Å². The molecule has 1 atom stereocenters. The number of rotatable bonds is 5. The number of hydrogen-bond acceptors (Lipinski definition) is 3. The first-order valence-electron chi connectivity index (χ1n) is 8.45. The summed E-state index contributed by atoms with van der Waals surface area (Å²) >= 11 is 5.17. The van der Waals surface area contributed by atoms with Crippen molar-refractivity contribution in [1.82, 2.24) is 4.90 Å². The zero-order valence-corrected chi connectivity index (χ0v) is 14.9. The van der Waals surface area contributed by atoms with Crippen molar-refractivity contribution in [2.45, 2.75) is 32.4 Å². The molecule has 1 saturated heterocycles. The highest BCUT2D eigenvalue weighted by Crippen LogP contribution is 2.21. The maximum Gasteiger partial charge on any atom is 0.119 e. The van der Waals surface area contributed by atoms with E-state index in [9.17, 15) is 0 Å². The Morgan fingerprint density at radius 2 is 1.96 bits per heavy atom. The van der Waals surface area contributed by atoms with E-state index in [1.807, 2.05) is 18.2 Å². The Labute approximate surface area is 149 Å². The third-order valence-electron chi connectivity index (χ3n) is 4.46. The first-order chi connectivity index (χ1) is 11.6. The second-order valence-corrected chi connectivity index (χ2v) is 6.89. The summed E-state index contributed by atoms with van der Waals surface area (Å²) in [6.45, 7) is 4.96. The van der Waals surface area contributed by atoms with Gasteiger partial charge in [0.2, 0.25) is 0 Å². The van der Waals surface area contributed by atoms with E-state index >= 15 is 0 Å². The lowest BCUT2D eigenvalue weighted by Crippen LogP contribution is -2.40. The maximum absolute atomic E-state index is 6.16. The predicted molar refractivity (Wildman–Crippen MR) is 102 cm³/mol. The van der Waals surface area contributed by atoms with Crippen molar-refractivity contribution in [3.8, 4) is 5.75 Å². The number of nitrogens with two attached hydrogens (primary N) is 1. The molecule has 0 saturated carbocycles. The van der Waals surface area contributed by atoms with Gasteiger partial charge in [-0.2, -0.15) is 0 Å². The molecule has 0 amide bonds. The lowest BCUT2D eigenvalue weighted by Gasteiger charge is -2.33. The number of hydrogen-bond donors (Lipinski definition) is 1. The van der Waals surface area contributed by atoms with Crippen molar-refractivity contribution in [3.63, 3.8) is 0 Å². The van der Waals surface area contributed by atoms with E-state index in [0.29, 0.717) is 4.99 Å². The Bertz CT molecular complexity index is 699. The highest BCUT2D eigenvalue weighted by Gasteiger charge is 2.22. The zero-order valence-electron chi connectivity index (χ0n) is 14.1. The van der Waals surface area contributed by atoms with Gasteiger partial charge < -0.3 is 10.5 Å². The number of benzene rings is 2. The van der Waals surface area contributed by atoms with Crippen molar-refractivity contribution in [3.05, 3.63) is 65.2 Å². The number of ether oxygens (including phenoxy) is 1. The minimum atomic E-state index is 0.235. The van der Waals surface area contributed by atoms with Gasteiger partial charge in [0.05, 0.1) is 0 Å². The third-order valence-corrected chi connectivity index (χ3v) is 4.68. The van der Waals surface area contributed by atoms with E-state index in [2.05, 4.69) is 42.2 Å². The first kappa shape index (κ1) is 16.9. The van der Waals surface area contributed by atoms with Crippen LogP contribution in [0.15, 0.2) is 48.5 Å². The van der Waals surface area contributed by atoms with Gasteiger partial charge in [0, 0.05) is 18.7 Å². The van der Waals surface area contributed by atoms with Crippen LogP contribution in [-0.2, 0) is 6.54 Å². The van der Waals surface area contributed by atoms with Crippen molar-refractivity contribution in [2.24, 2.45) is 5.73 Å². The highest BCUT2D eigenvalue weighted by atomic mass is 32.1. The van der Waals surface area contributed by atoms with E-state index in [0.717, 1.165) is 43.8 Å². The smallest absolute Gasteiger partial charge is 0.119 e. The Morgan fingerprint density at radius 3 is 2.71 bits per heavy atom. The van der Waals surface area contributed by atoms with E-state index < -0.39 is 0 Å². The number of piperidine rings is 1. The molecule has 1 fully saturated rings. The second kappa shape index (κ2) is 7.77. The fourth-order valence-electron chi connectivity index (χ4n) is 3.20. The molecule has 1 unspecified atom stereocenters. The van der Waals surface area contributed by atoms with E-state index in [-0.39, 0.29) is 6.10 Å². The largest absolute Gasteiger partial charge is 0.489 e. The Morgan fingerprint density at radius 1 is 1.21 bits per heavy atom. The quantitative estimate of drug-likeness (QED) is 0.843. The van der Waals surface area contributed by atoms with Gasteiger partial charge in [0.1, 0.15) is 16.8 Å². The third kappa shape index (κ3) is 4.34. The number of aryl methyl sites for hydroxylation is 1. The van der Waals surface area contributed by atoms with Gasteiger partial charge in [0.25, 0.3) is 0 Å². The minimum Gasteiger partial charge on any atom is -0.489 e. The summed E-state index contributed by atoms with van der Waals surface area (Å²) in [5, 5.41) is 0. The first-order valence-corrected chi connectivity index (χ1v) is 8.86. The molecule has 1 heterocycles. The van der Waals surface area contributed by atoms with Gasteiger partial charge in [-0.3, -0.25) is 4.90 Å². The molecule has 3 rings (SSSR count). The van der Waals surface area contributed by atoms with Crippen molar-refractivity contribution in [1.29, 1.82) is 0 Å². The van der Waals surface area contributed by atoms with Crippen LogP contribution in [0.25, 0.3) is 0 Å². The monoisotopic (exact) mass is 340 g/mol. The van der Waals surface area contributed by atoms with Crippen LogP contribution >= 0.6 is 12.2 Å². The van der Waals surface area contributed by atoms with Gasteiger partial charge in [0.15, 0.2) is 0 Å². The lowest BCUT2D eigenvalue weighted by atomic mass is 10.0. The van der Waals surface area contributed by atoms with Crippen LogP contribution in [0.4, 0.5) is 0 Å². The maximum atomic E-state index is 6.16. The number of nitrogens with zero attached hydrogens (tertiary/aromatic N) is 1. The van der Waals surface area contributed by atoms with Gasteiger partial charge >= 0.3 is 0 Å². The van der Waals surface area contributed by atoms with Crippen molar-refractivity contribution in [2.75, 3.05) is 13.1 Å². The summed E-state index contributed by atoms with van der Waals surface area (Å²) in [4.78, 5) is 2.90. The Balaban J connectivity index is 1.63. The molecule has 0 spiro atoms. The number of likely N-dealkylation sites (tertiary alicyclic amines) is 1. The molecule has 0 aromatic heterocycles. The molecule has 0 bridgehead atoms. The van der Waals surface area contributed by atoms with Gasteiger partial charge in [-0.05, 0) is 44.0 Å². The van der Waals surface area contributed by atoms with Crippen LogP contribution in [-0.4, -0.2) is 29.1 Å². The molecule has 126 valence electrons. The molecule has 2 aromatic carbocycles. The normalized spacial score (nSPS) is 18.3. The summed E-state index contributed by atoms with van der Waals surface area (Å²) < 4.78 is 6.16. The Kier molecular flexibility index (Phi) is 5.48. The molecule has 3 nitrogen and oxygen atoms in total. The van der Waals surface area contributed by atoms with E-state index in [1.165, 1.54) is 11.1 Å². The molecular weight excluding hydrogens is 316 g/mol. The molecule has 1 aliphatic heterocycles. The zero-order chi connectivity index (χ0) is 16.9. The lowest BCUT2D eigenvalue weighted by molar-refractivity contribution is 0.0843. The van der Waals surface area contributed by atoms with Gasteiger partial charge in [-0.15, -0.1) is 0 Å². The highest BCUT2D eigenvalue weighted by molar-refractivity contribution is 7.80. The second-order valence-electron chi connectivity index (χ2n) is 6.45. The molecule has 0 aliphatic carbocycles. The fraction of sp³-hybridized carbons (Fsp3) is 0.350. The standard InChI is InChI=1S/C20H24N2OS/c1-15-8-10-17(11-9-15)23-18-6-4-12-22(14-18)13-16-5-2-3-7-19(16)20(21)24/h2-3,5,7-11,18H,4,6,12-14H2,1H3,(H2,21,24). The summed E-state index contributed by atoms with van der Waals surface area (Å²) in [6, 6.07) is 16.4. The molecule has 4 heteroatoms. The SMILES string of the molecule is Cc1ccc(OC2CCCN(Cc3ccccc3C(N)=S)C2)cc1. The summed E-state index contributed by atoms with van der Waals surface area (Å²) in [5.41, 5.74) is 9.28. The van der Waals surface area contributed by atoms with Crippen LogP contribution in [0.1, 0.15) is 29.5 Å². The summed E-state index contributed by atoms with van der Waals surface area (Å²) in [7, 11) is 0. The Hall–Kier alpha value is -1.91. The molecule has 0 radical (unpaired) electrons. The summed E-state index contributed by atoms with van der Waals surface area (Å²) in [6.07, 6.45) is 2.48. The molecule has 2 N–H and O–H groups in total. The molecule has 2 aromatic rings. The van der Waals surface area contributed by atoms with Crippen LogP contribution in [0.3, 0.4) is 0 Å². The summed E-state index contributed by atoms with van der Waals surface area (Å²) in [5.74, 6) is 0.955. The van der Waals surface area contributed by atoms with Crippen molar-refractivity contribution >= 4 is 17.2 Å². The average molecular weight is 340 g/mol. The van der Waals surface area contributed by atoms with Crippen LogP contribution in [0.5, 0.6) is 5.75 Å². The molecule has 1 aliphatic rings. The topological polar surface area (TPSA) is 38.5 Å².